The third-order valence-corrected chi connectivity index (χ3v) is 4.70. The summed E-state index contributed by atoms with van der Waals surface area (Å²) >= 11 is 3.55. The predicted molar refractivity (Wildman–Crippen MR) is 90.2 cm³/mol. The highest BCUT2D eigenvalue weighted by Crippen LogP contribution is 2.27. The molecule has 0 aliphatic carbocycles. The molecule has 0 fully saturated rings. The second kappa shape index (κ2) is 8.81. The van der Waals surface area contributed by atoms with Gasteiger partial charge in [0.05, 0.1) is 5.60 Å². The zero-order valence-electron chi connectivity index (χ0n) is 13.2. The molecule has 20 heavy (non-hydrogen) atoms. The van der Waals surface area contributed by atoms with Gasteiger partial charge in [0.15, 0.2) is 0 Å². The Bertz CT molecular complexity index is 382. The van der Waals surface area contributed by atoms with Crippen molar-refractivity contribution in [2.24, 2.45) is 0 Å². The second-order valence-electron chi connectivity index (χ2n) is 5.32. The average Bonchev–Trinajstić information content (AvgIpc) is 2.47. The molecule has 1 atom stereocenters. The van der Waals surface area contributed by atoms with Gasteiger partial charge in [-0.05, 0) is 49.9 Å². The summed E-state index contributed by atoms with van der Waals surface area (Å²) < 4.78 is 7.06. The lowest BCUT2D eigenvalue weighted by Gasteiger charge is -2.39. The standard InChI is InChI=1S/C17H28BrNO/c1-5-11-19-16(17(6-2,7-3)20-4)13-14-9-8-10-15(18)12-14/h8-10,12,16,19H,5-7,11,13H2,1-4H3. The van der Waals surface area contributed by atoms with Crippen molar-refractivity contribution in [3.8, 4) is 0 Å². The highest BCUT2D eigenvalue weighted by atomic mass is 79.9. The Labute approximate surface area is 132 Å². The van der Waals surface area contributed by atoms with Crippen molar-refractivity contribution in [2.75, 3.05) is 13.7 Å². The maximum absolute atomic E-state index is 5.92. The molecule has 1 unspecified atom stereocenters. The Balaban J connectivity index is 2.93. The van der Waals surface area contributed by atoms with Gasteiger partial charge in [-0.3, -0.25) is 0 Å². The predicted octanol–water partition coefficient (Wildman–Crippen LogP) is 4.57. The molecule has 0 saturated carbocycles. The van der Waals surface area contributed by atoms with E-state index in [9.17, 15) is 0 Å². The Kier molecular flexibility index (Phi) is 7.78. The van der Waals surface area contributed by atoms with Gasteiger partial charge in [-0.15, -0.1) is 0 Å². The van der Waals surface area contributed by atoms with Crippen molar-refractivity contribution < 1.29 is 4.74 Å². The van der Waals surface area contributed by atoms with Gasteiger partial charge in [-0.1, -0.05) is 48.8 Å². The molecule has 0 saturated heterocycles. The lowest BCUT2D eigenvalue weighted by Crippen LogP contribution is -2.53. The fourth-order valence-corrected chi connectivity index (χ4v) is 3.28. The summed E-state index contributed by atoms with van der Waals surface area (Å²) in [6.07, 6.45) is 4.18. The van der Waals surface area contributed by atoms with Gasteiger partial charge in [-0.25, -0.2) is 0 Å². The molecule has 1 N–H and O–H groups in total. The van der Waals surface area contributed by atoms with Crippen molar-refractivity contribution >= 4 is 15.9 Å². The van der Waals surface area contributed by atoms with Crippen LogP contribution >= 0.6 is 15.9 Å². The zero-order valence-corrected chi connectivity index (χ0v) is 14.8. The van der Waals surface area contributed by atoms with E-state index in [1.165, 1.54) is 5.56 Å². The highest BCUT2D eigenvalue weighted by Gasteiger charge is 2.35. The van der Waals surface area contributed by atoms with Gasteiger partial charge in [0, 0.05) is 17.6 Å². The Morgan fingerprint density at radius 1 is 1.25 bits per heavy atom. The normalized spacial score (nSPS) is 13.4. The molecule has 114 valence electrons. The molecule has 1 aromatic carbocycles. The topological polar surface area (TPSA) is 21.3 Å². The molecule has 0 spiro atoms. The minimum atomic E-state index is -0.0858. The highest BCUT2D eigenvalue weighted by molar-refractivity contribution is 9.10. The molecule has 0 heterocycles. The van der Waals surface area contributed by atoms with Crippen LogP contribution < -0.4 is 5.32 Å². The number of benzene rings is 1. The van der Waals surface area contributed by atoms with Crippen molar-refractivity contribution in [3.63, 3.8) is 0 Å². The number of methoxy groups -OCH3 is 1. The van der Waals surface area contributed by atoms with Crippen LogP contribution in [0.4, 0.5) is 0 Å². The summed E-state index contributed by atoms with van der Waals surface area (Å²) in [4.78, 5) is 0. The molecular weight excluding hydrogens is 314 g/mol. The first-order valence-electron chi connectivity index (χ1n) is 7.64. The molecule has 2 nitrogen and oxygen atoms in total. The van der Waals surface area contributed by atoms with Crippen LogP contribution in [0.25, 0.3) is 0 Å². The van der Waals surface area contributed by atoms with Crippen LogP contribution in [0, 0.1) is 0 Å². The number of rotatable bonds is 9. The van der Waals surface area contributed by atoms with Gasteiger partial charge in [-0.2, -0.15) is 0 Å². The first-order chi connectivity index (χ1) is 9.61. The van der Waals surface area contributed by atoms with Gasteiger partial charge >= 0.3 is 0 Å². The summed E-state index contributed by atoms with van der Waals surface area (Å²) in [5.74, 6) is 0. The lowest BCUT2D eigenvalue weighted by atomic mass is 9.84. The molecule has 1 rings (SSSR count). The second-order valence-corrected chi connectivity index (χ2v) is 6.23. The van der Waals surface area contributed by atoms with Crippen molar-refractivity contribution in [1.29, 1.82) is 0 Å². The molecule has 0 aliphatic rings. The molecule has 0 radical (unpaired) electrons. The average molecular weight is 342 g/mol. The van der Waals surface area contributed by atoms with E-state index in [1.54, 1.807) is 0 Å². The van der Waals surface area contributed by atoms with E-state index in [0.29, 0.717) is 6.04 Å². The summed E-state index contributed by atoms with van der Waals surface area (Å²) in [6.45, 7) is 7.67. The molecule has 0 aliphatic heterocycles. The summed E-state index contributed by atoms with van der Waals surface area (Å²) in [6, 6.07) is 8.91. The summed E-state index contributed by atoms with van der Waals surface area (Å²) in [5.41, 5.74) is 1.26. The molecule has 0 bridgehead atoms. The van der Waals surface area contributed by atoms with E-state index >= 15 is 0 Å². The van der Waals surface area contributed by atoms with E-state index in [4.69, 9.17) is 4.74 Å². The Morgan fingerprint density at radius 3 is 2.45 bits per heavy atom. The van der Waals surface area contributed by atoms with E-state index < -0.39 is 0 Å². The number of ether oxygens (including phenoxy) is 1. The van der Waals surface area contributed by atoms with Crippen LogP contribution in [0.2, 0.25) is 0 Å². The van der Waals surface area contributed by atoms with E-state index in [2.05, 4.69) is 66.3 Å². The third kappa shape index (κ3) is 4.57. The number of hydrogen-bond acceptors (Lipinski definition) is 2. The zero-order chi connectivity index (χ0) is 15.0. The Morgan fingerprint density at radius 2 is 1.95 bits per heavy atom. The maximum atomic E-state index is 5.92. The van der Waals surface area contributed by atoms with Gasteiger partial charge < -0.3 is 10.1 Å². The molecule has 0 aromatic heterocycles. The van der Waals surface area contributed by atoms with Gasteiger partial charge in [0.1, 0.15) is 0 Å². The van der Waals surface area contributed by atoms with E-state index in [-0.39, 0.29) is 5.60 Å². The minimum absolute atomic E-state index is 0.0858. The van der Waals surface area contributed by atoms with Crippen LogP contribution in [-0.2, 0) is 11.2 Å². The minimum Gasteiger partial charge on any atom is -0.377 e. The number of hydrogen-bond donors (Lipinski definition) is 1. The summed E-state index contributed by atoms with van der Waals surface area (Å²) in [5, 5.41) is 3.69. The Hall–Kier alpha value is -0.380. The quantitative estimate of drug-likeness (QED) is 0.710. The van der Waals surface area contributed by atoms with Crippen LogP contribution in [0.15, 0.2) is 28.7 Å². The SMILES string of the molecule is CCCNC(Cc1cccc(Br)c1)C(CC)(CC)OC. The van der Waals surface area contributed by atoms with Crippen molar-refractivity contribution in [3.05, 3.63) is 34.3 Å². The number of nitrogens with one attached hydrogen (secondary N) is 1. The summed E-state index contributed by atoms with van der Waals surface area (Å²) in [7, 11) is 1.84. The molecule has 3 heteroatoms. The monoisotopic (exact) mass is 341 g/mol. The van der Waals surface area contributed by atoms with Crippen LogP contribution in [0.5, 0.6) is 0 Å². The first kappa shape index (κ1) is 17.7. The maximum Gasteiger partial charge on any atom is 0.0828 e. The fourth-order valence-electron chi connectivity index (χ4n) is 2.84. The van der Waals surface area contributed by atoms with Crippen LogP contribution in [-0.4, -0.2) is 25.3 Å². The van der Waals surface area contributed by atoms with Crippen molar-refractivity contribution in [2.45, 2.75) is 58.1 Å². The van der Waals surface area contributed by atoms with Crippen LogP contribution in [0.3, 0.4) is 0 Å². The van der Waals surface area contributed by atoms with Gasteiger partial charge in [0.25, 0.3) is 0 Å². The lowest BCUT2D eigenvalue weighted by molar-refractivity contribution is -0.0471. The molecule has 0 amide bonds. The molecule has 1 aromatic rings. The van der Waals surface area contributed by atoms with E-state index in [1.807, 2.05) is 7.11 Å². The largest absolute Gasteiger partial charge is 0.377 e. The van der Waals surface area contributed by atoms with Crippen molar-refractivity contribution in [1.82, 2.24) is 5.32 Å². The molecular formula is C17H28BrNO. The first-order valence-corrected chi connectivity index (χ1v) is 8.44. The van der Waals surface area contributed by atoms with E-state index in [0.717, 1.165) is 36.7 Å². The third-order valence-electron chi connectivity index (χ3n) is 4.21. The van der Waals surface area contributed by atoms with Gasteiger partial charge in [0.2, 0.25) is 0 Å². The van der Waals surface area contributed by atoms with Crippen LogP contribution in [0.1, 0.15) is 45.6 Å². The fraction of sp³-hybridized carbons (Fsp3) is 0.647. The smallest absolute Gasteiger partial charge is 0.0828 e. The number of halogens is 1.